The van der Waals surface area contributed by atoms with Crippen LogP contribution < -0.4 is 30.8 Å². The van der Waals surface area contributed by atoms with Crippen LogP contribution in [0.4, 0.5) is 0 Å². The Hall–Kier alpha value is -3.75. The van der Waals surface area contributed by atoms with E-state index < -0.39 is 17.7 Å². The summed E-state index contributed by atoms with van der Waals surface area (Å²) in [4.78, 5) is 35.5. The summed E-state index contributed by atoms with van der Waals surface area (Å²) in [6, 6.07) is 11.0. The standard InChI is InChI=1S/C23H29N3O6/c1-3-4-5-6-13-31-18-10-7-16(8-11-18)22(28)25-26-23(29)17-9-12-19(20(14-17)30-2)32-15-21(24)27/h7-12,14H,3-6,13,15H2,1-2H3,(H2,24,27)(H,25,28)(H,26,29). The number of rotatable bonds is 12. The molecule has 4 N–H and O–H groups in total. The highest BCUT2D eigenvalue weighted by Crippen LogP contribution is 2.28. The summed E-state index contributed by atoms with van der Waals surface area (Å²) in [7, 11) is 1.40. The Balaban J connectivity index is 1.86. The number of hydrogen-bond acceptors (Lipinski definition) is 6. The Morgan fingerprint density at radius 1 is 0.844 bits per heavy atom. The lowest BCUT2D eigenvalue weighted by molar-refractivity contribution is -0.119. The van der Waals surface area contributed by atoms with Crippen LogP contribution in [0.25, 0.3) is 0 Å². The van der Waals surface area contributed by atoms with Gasteiger partial charge < -0.3 is 19.9 Å². The molecule has 2 aromatic rings. The zero-order valence-electron chi connectivity index (χ0n) is 18.3. The molecule has 0 aromatic heterocycles. The topological polar surface area (TPSA) is 129 Å². The number of methoxy groups -OCH3 is 1. The van der Waals surface area contributed by atoms with Crippen LogP contribution in [-0.2, 0) is 4.79 Å². The molecule has 0 aliphatic rings. The van der Waals surface area contributed by atoms with Crippen LogP contribution in [0.3, 0.4) is 0 Å². The van der Waals surface area contributed by atoms with Gasteiger partial charge in [0, 0.05) is 11.1 Å². The molecule has 0 unspecified atom stereocenters. The summed E-state index contributed by atoms with van der Waals surface area (Å²) >= 11 is 0. The average molecular weight is 444 g/mol. The zero-order chi connectivity index (χ0) is 23.3. The van der Waals surface area contributed by atoms with Crippen LogP contribution in [0, 0.1) is 0 Å². The number of benzene rings is 2. The van der Waals surface area contributed by atoms with E-state index in [0.29, 0.717) is 17.9 Å². The lowest BCUT2D eigenvalue weighted by atomic mass is 10.2. The predicted octanol–water partition coefficient (Wildman–Crippen LogP) is 2.59. The minimum atomic E-state index is -0.636. The van der Waals surface area contributed by atoms with Crippen LogP contribution in [-0.4, -0.2) is 38.0 Å². The number of carbonyl (C=O) groups excluding carboxylic acids is 3. The minimum absolute atomic E-state index is 0.223. The van der Waals surface area contributed by atoms with Crippen molar-refractivity contribution in [3.05, 3.63) is 53.6 Å². The summed E-state index contributed by atoms with van der Waals surface area (Å²) in [5.74, 6) is -0.461. The lowest BCUT2D eigenvalue weighted by Gasteiger charge is -2.12. The van der Waals surface area contributed by atoms with Crippen LogP contribution in [0.15, 0.2) is 42.5 Å². The number of nitrogens with one attached hydrogen (secondary N) is 2. The number of nitrogens with two attached hydrogens (primary N) is 1. The van der Waals surface area contributed by atoms with E-state index >= 15 is 0 Å². The molecule has 0 fully saturated rings. The van der Waals surface area contributed by atoms with Gasteiger partial charge in [0.05, 0.1) is 13.7 Å². The molecular weight excluding hydrogens is 414 g/mol. The van der Waals surface area contributed by atoms with E-state index in [4.69, 9.17) is 19.9 Å². The first-order valence-electron chi connectivity index (χ1n) is 10.4. The number of ether oxygens (including phenoxy) is 3. The Bertz CT molecular complexity index is 914. The van der Waals surface area contributed by atoms with Gasteiger partial charge in [0.15, 0.2) is 18.1 Å². The number of hydrazine groups is 1. The minimum Gasteiger partial charge on any atom is -0.494 e. The van der Waals surface area contributed by atoms with Crippen molar-refractivity contribution in [2.75, 3.05) is 20.3 Å². The normalized spacial score (nSPS) is 10.2. The monoisotopic (exact) mass is 443 g/mol. The maximum absolute atomic E-state index is 12.4. The van der Waals surface area contributed by atoms with Crippen molar-refractivity contribution >= 4 is 17.7 Å². The Labute approximate surface area is 187 Å². The molecule has 172 valence electrons. The van der Waals surface area contributed by atoms with Crippen molar-refractivity contribution < 1.29 is 28.6 Å². The van der Waals surface area contributed by atoms with E-state index in [1.54, 1.807) is 24.3 Å². The second kappa shape index (κ2) is 12.8. The summed E-state index contributed by atoms with van der Waals surface area (Å²) < 4.78 is 16.0. The van der Waals surface area contributed by atoms with Crippen molar-refractivity contribution in [2.24, 2.45) is 5.73 Å². The van der Waals surface area contributed by atoms with Crippen LogP contribution in [0.5, 0.6) is 17.2 Å². The molecule has 0 saturated carbocycles. The molecule has 0 aliphatic carbocycles. The fraction of sp³-hybridized carbons (Fsp3) is 0.348. The fourth-order valence-corrected chi connectivity index (χ4v) is 2.76. The van der Waals surface area contributed by atoms with Crippen molar-refractivity contribution in [1.29, 1.82) is 0 Å². The lowest BCUT2D eigenvalue weighted by Crippen LogP contribution is -2.41. The van der Waals surface area contributed by atoms with Gasteiger partial charge in [-0.1, -0.05) is 26.2 Å². The van der Waals surface area contributed by atoms with E-state index in [0.717, 1.165) is 12.8 Å². The molecule has 2 rings (SSSR count). The second-order valence-corrected chi connectivity index (χ2v) is 6.96. The van der Waals surface area contributed by atoms with Gasteiger partial charge in [-0.05, 0) is 48.9 Å². The molecule has 0 radical (unpaired) electrons. The number of hydrogen-bond donors (Lipinski definition) is 3. The molecule has 9 nitrogen and oxygen atoms in total. The van der Waals surface area contributed by atoms with Crippen molar-refractivity contribution in [3.8, 4) is 17.2 Å². The summed E-state index contributed by atoms with van der Waals surface area (Å²) in [5, 5.41) is 0. The van der Waals surface area contributed by atoms with E-state index in [9.17, 15) is 14.4 Å². The Kier molecular flexibility index (Phi) is 9.83. The average Bonchev–Trinajstić information content (AvgIpc) is 2.81. The maximum atomic E-state index is 12.4. The first-order chi connectivity index (χ1) is 15.4. The third kappa shape index (κ3) is 7.82. The third-order valence-corrected chi connectivity index (χ3v) is 4.47. The van der Waals surface area contributed by atoms with Gasteiger partial charge >= 0.3 is 0 Å². The highest BCUT2D eigenvalue weighted by atomic mass is 16.5. The highest BCUT2D eigenvalue weighted by Gasteiger charge is 2.13. The Morgan fingerprint density at radius 3 is 2.12 bits per heavy atom. The summed E-state index contributed by atoms with van der Waals surface area (Å²) in [6.45, 7) is 2.47. The third-order valence-electron chi connectivity index (χ3n) is 4.47. The smallest absolute Gasteiger partial charge is 0.269 e. The molecule has 0 atom stereocenters. The molecule has 0 spiro atoms. The van der Waals surface area contributed by atoms with Crippen LogP contribution >= 0.6 is 0 Å². The number of unbranched alkanes of at least 4 members (excludes halogenated alkanes) is 3. The molecule has 0 bridgehead atoms. The molecular formula is C23H29N3O6. The van der Waals surface area contributed by atoms with Gasteiger partial charge in [0.1, 0.15) is 5.75 Å². The molecule has 3 amide bonds. The maximum Gasteiger partial charge on any atom is 0.269 e. The van der Waals surface area contributed by atoms with Crippen molar-refractivity contribution in [2.45, 2.75) is 32.6 Å². The molecule has 2 aromatic carbocycles. The van der Waals surface area contributed by atoms with Gasteiger partial charge in [0.25, 0.3) is 17.7 Å². The first-order valence-corrected chi connectivity index (χ1v) is 10.4. The van der Waals surface area contributed by atoms with Gasteiger partial charge in [-0.2, -0.15) is 0 Å². The number of amides is 3. The second-order valence-electron chi connectivity index (χ2n) is 6.96. The van der Waals surface area contributed by atoms with E-state index in [-0.39, 0.29) is 23.7 Å². The zero-order valence-corrected chi connectivity index (χ0v) is 18.3. The van der Waals surface area contributed by atoms with E-state index in [1.165, 1.54) is 38.2 Å². The fourth-order valence-electron chi connectivity index (χ4n) is 2.76. The summed E-state index contributed by atoms with van der Waals surface area (Å²) in [6.07, 6.45) is 4.48. The van der Waals surface area contributed by atoms with Crippen LogP contribution in [0.2, 0.25) is 0 Å². The molecule has 0 heterocycles. The van der Waals surface area contributed by atoms with Crippen molar-refractivity contribution in [1.82, 2.24) is 10.9 Å². The van der Waals surface area contributed by atoms with Gasteiger partial charge in [-0.3, -0.25) is 25.2 Å². The molecule has 0 aliphatic heterocycles. The van der Waals surface area contributed by atoms with E-state index in [1.807, 2.05) is 0 Å². The van der Waals surface area contributed by atoms with Gasteiger partial charge in [-0.25, -0.2) is 0 Å². The SMILES string of the molecule is CCCCCCOc1ccc(C(=O)NNC(=O)c2ccc(OCC(N)=O)c(OC)c2)cc1. The predicted molar refractivity (Wildman–Crippen MR) is 119 cm³/mol. The highest BCUT2D eigenvalue weighted by molar-refractivity contribution is 5.99. The van der Waals surface area contributed by atoms with Crippen molar-refractivity contribution in [3.63, 3.8) is 0 Å². The molecule has 9 heteroatoms. The molecule has 0 saturated heterocycles. The Morgan fingerprint density at radius 2 is 1.50 bits per heavy atom. The quantitative estimate of drug-likeness (QED) is 0.342. The summed E-state index contributed by atoms with van der Waals surface area (Å²) in [5.41, 5.74) is 10.4. The van der Waals surface area contributed by atoms with E-state index in [2.05, 4.69) is 17.8 Å². The van der Waals surface area contributed by atoms with Gasteiger partial charge in [-0.15, -0.1) is 0 Å². The largest absolute Gasteiger partial charge is 0.494 e. The first kappa shape index (κ1) is 24.5. The number of primary amides is 1. The van der Waals surface area contributed by atoms with Gasteiger partial charge in [0.2, 0.25) is 0 Å². The molecule has 32 heavy (non-hydrogen) atoms. The number of carbonyl (C=O) groups is 3. The van der Waals surface area contributed by atoms with Crippen LogP contribution in [0.1, 0.15) is 53.3 Å².